The summed E-state index contributed by atoms with van der Waals surface area (Å²) in [6.07, 6.45) is 3.07. The van der Waals surface area contributed by atoms with E-state index in [0.29, 0.717) is 5.82 Å². The van der Waals surface area contributed by atoms with Crippen LogP contribution in [-0.4, -0.2) is 11.1 Å². The van der Waals surface area contributed by atoms with Gasteiger partial charge >= 0.3 is 0 Å². The van der Waals surface area contributed by atoms with Gasteiger partial charge in [0.15, 0.2) is 5.82 Å². The maximum Gasteiger partial charge on any atom is 0.242 e. The van der Waals surface area contributed by atoms with Crippen LogP contribution < -0.4 is 0 Å². The summed E-state index contributed by atoms with van der Waals surface area (Å²) >= 11 is 0. The maximum atomic E-state index is 10.1. The van der Waals surface area contributed by atoms with Crippen LogP contribution in [0.2, 0.25) is 0 Å². The molecule has 0 saturated carbocycles. The molecule has 0 aliphatic rings. The number of benzene rings is 1. The summed E-state index contributed by atoms with van der Waals surface area (Å²) in [4.78, 5) is 17.5. The first-order valence-corrected chi connectivity index (χ1v) is 3.75. The first-order chi connectivity index (χ1) is 6.42. The van der Waals surface area contributed by atoms with Crippen molar-refractivity contribution in [1.29, 1.82) is 0 Å². The fourth-order valence-corrected chi connectivity index (χ4v) is 1.17. The van der Waals surface area contributed by atoms with Crippen molar-refractivity contribution < 1.29 is 4.79 Å². The number of aromatic nitrogens is 1. The minimum Gasteiger partial charge on any atom is -0.236 e. The topological polar surface area (TPSA) is 42.3 Å². The smallest absolute Gasteiger partial charge is 0.236 e. The quantitative estimate of drug-likeness (QED) is 0.484. The van der Waals surface area contributed by atoms with E-state index >= 15 is 0 Å². The number of carbonyl (C=O) groups excluding carboxylic acids is 1. The first kappa shape index (κ1) is 7.65. The van der Waals surface area contributed by atoms with E-state index in [1.807, 2.05) is 18.2 Å². The predicted molar refractivity (Wildman–Crippen MR) is 48.4 cm³/mol. The van der Waals surface area contributed by atoms with Crippen LogP contribution in [0.15, 0.2) is 35.5 Å². The van der Waals surface area contributed by atoms with E-state index < -0.39 is 0 Å². The van der Waals surface area contributed by atoms with Crippen molar-refractivity contribution in [3.63, 3.8) is 0 Å². The van der Waals surface area contributed by atoms with Gasteiger partial charge in [-0.1, -0.05) is 18.2 Å². The molecule has 1 radical (unpaired) electrons. The van der Waals surface area contributed by atoms with Gasteiger partial charge in [-0.3, -0.25) is 0 Å². The Labute approximate surface area is 74.8 Å². The van der Waals surface area contributed by atoms with Crippen molar-refractivity contribution >= 4 is 22.7 Å². The minimum absolute atomic E-state index is 0.393. The van der Waals surface area contributed by atoms with Gasteiger partial charge in [-0.25, -0.2) is 9.78 Å². The number of rotatable bonds is 1. The summed E-state index contributed by atoms with van der Waals surface area (Å²) in [5.41, 5.74) is 0. The largest absolute Gasteiger partial charge is 0.242 e. The molecule has 0 unspecified atom stereocenters. The summed E-state index contributed by atoms with van der Waals surface area (Å²) in [7, 11) is 0. The molecule has 0 amide bonds. The lowest BCUT2D eigenvalue weighted by Crippen LogP contribution is -1.77. The third kappa shape index (κ3) is 1.33. The molecule has 1 aromatic carbocycles. The second kappa shape index (κ2) is 3.17. The average molecular weight is 169 g/mol. The number of isocyanates is 1. The average Bonchev–Trinajstić information content (AvgIpc) is 2.19. The summed E-state index contributed by atoms with van der Waals surface area (Å²) in [5, 5.41) is 1.71. The highest BCUT2D eigenvalue weighted by molar-refractivity contribution is 5.90. The van der Waals surface area contributed by atoms with Crippen LogP contribution in [-0.2, 0) is 4.79 Å². The molecule has 3 nitrogen and oxygen atoms in total. The van der Waals surface area contributed by atoms with Crippen molar-refractivity contribution in [3.8, 4) is 0 Å². The molecule has 0 bridgehead atoms. The Hall–Kier alpha value is -1.99. The van der Waals surface area contributed by atoms with Crippen LogP contribution in [0.3, 0.4) is 0 Å². The van der Waals surface area contributed by atoms with Gasteiger partial charge in [-0.2, -0.15) is 0 Å². The van der Waals surface area contributed by atoms with E-state index in [1.54, 1.807) is 12.3 Å². The van der Waals surface area contributed by atoms with Crippen LogP contribution in [0.1, 0.15) is 0 Å². The van der Waals surface area contributed by atoms with Gasteiger partial charge in [0.05, 0.1) is 0 Å². The molecule has 0 fully saturated rings. The lowest BCUT2D eigenvalue weighted by atomic mass is 10.2. The molecular formula is C10H5N2O. The van der Waals surface area contributed by atoms with Gasteiger partial charge in [0.1, 0.15) is 0 Å². The summed E-state index contributed by atoms with van der Waals surface area (Å²) in [6.45, 7) is 0. The van der Waals surface area contributed by atoms with Crippen molar-refractivity contribution in [2.45, 2.75) is 0 Å². The van der Waals surface area contributed by atoms with Crippen LogP contribution in [0, 0.1) is 6.07 Å². The van der Waals surface area contributed by atoms with Crippen molar-refractivity contribution in [2.24, 2.45) is 4.99 Å². The zero-order valence-corrected chi connectivity index (χ0v) is 6.69. The third-order valence-corrected chi connectivity index (χ3v) is 1.72. The number of fused-ring (bicyclic) bond motifs is 1. The van der Waals surface area contributed by atoms with Crippen LogP contribution in [0.5, 0.6) is 0 Å². The van der Waals surface area contributed by atoms with E-state index in [1.165, 1.54) is 6.08 Å². The Kier molecular flexibility index (Phi) is 1.87. The Bertz CT molecular complexity index is 482. The Morgan fingerprint density at radius 3 is 3.23 bits per heavy atom. The zero-order chi connectivity index (χ0) is 9.10. The molecule has 1 aromatic heterocycles. The summed E-state index contributed by atoms with van der Waals surface area (Å²) in [6, 6.07) is 10.3. The molecule has 61 valence electrons. The number of hydrogen-bond donors (Lipinski definition) is 0. The first-order valence-electron chi connectivity index (χ1n) is 3.75. The molecule has 0 N–H and O–H groups in total. The molecular weight excluding hydrogens is 164 g/mol. The molecule has 0 aliphatic heterocycles. The highest BCUT2D eigenvalue weighted by Crippen LogP contribution is 2.21. The summed E-state index contributed by atoms with van der Waals surface area (Å²) in [5.74, 6) is 0.393. The van der Waals surface area contributed by atoms with E-state index in [4.69, 9.17) is 0 Å². The highest BCUT2D eigenvalue weighted by Gasteiger charge is 1.98. The number of nitrogens with zero attached hydrogens (tertiary/aromatic N) is 2. The molecule has 2 aromatic rings. The normalized spacial score (nSPS) is 9.54. The fraction of sp³-hybridized carbons (Fsp3) is 0. The second-order valence-corrected chi connectivity index (χ2v) is 2.47. The molecule has 0 saturated heterocycles. The van der Waals surface area contributed by atoms with Crippen LogP contribution in [0.25, 0.3) is 10.8 Å². The molecule has 13 heavy (non-hydrogen) atoms. The monoisotopic (exact) mass is 169 g/mol. The third-order valence-electron chi connectivity index (χ3n) is 1.72. The van der Waals surface area contributed by atoms with Gasteiger partial charge in [0.25, 0.3) is 0 Å². The van der Waals surface area contributed by atoms with E-state index in [9.17, 15) is 4.79 Å². The van der Waals surface area contributed by atoms with Gasteiger partial charge in [-0.15, -0.1) is 4.99 Å². The van der Waals surface area contributed by atoms with E-state index in [-0.39, 0.29) is 0 Å². The Morgan fingerprint density at radius 2 is 2.38 bits per heavy atom. The minimum atomic E-state index is 0.393. The Morgan fingerprint density at radius 1 is 1.46 bits per heavy atom. The fourth-order valence-electron chi connectivity index (χ4n) is 1.17. The van der Waals surface area contributed by atoms with Gasteiger partial charge in [-0.05, 0) is 17.5 Å². The molecule has 3 heteroatoms. The van der Waals surface area contributed by atoms with Crippen LogP contribution in [0.4, 0.5) is 5.82 Å². The van der Waals surface area contributed by atoms with Crippen molar-refractivity contribution in [1.82, 2.24) is 4.98 Å². The standard InChI is InChI=1S/C10H5N2O/c13-7-12-10-9-4-2-1-3-8(9)5-6-11-10/h1-2,4-6H. The van der Waals surface area contributed by atoms with Crippen molar-refractivity contribution in [3.05, 3.63) is 36.5 Å². The molecule has 0 aliphatic carbocycles. The van der Waals surface area contributed by atoms with Crippen molar-refractivity contribution in [2.75, 3.05) is 0 Å². The number of pyridine rings is 1. The van der Waals surface area contributed by atoms with E-state index in [2.05, 4.69) is 16.0 Å². The maximum absolute atomic E-state index is 10.1. The van der Waals surface area contributed by atoms with Crippen LogP contribution >= 0.6 is 0 Å². The number of hydrogen-bond acceptors (Lipinski definition) is 3. The highest BCUT2D eigenvalue weighted by atomic mass is 16.1. The lowest BCUT2D eigenvalue weighted by molar-refractivity contribution is 0.565. The van der Waals surface area contributed by atoms with Gasteiger partial charge in [0.2, 0.25) is 6.08 Å². The SMILES string of the molecule is O=C=Nc1nccc2[c]cccc12. The van der Waals surface area contributed by atoms with Gasteiger partial charge in [0, 0.05) is 11.6 Å². The van der Waals surface area contributed by atoms with E-state index in [0.717, 1.165) is 10.8 Å². The molecule has 1 heterocycles. The second-order valence-electron chi connectivity index (χ2n) is 2.47. The molecule has 2 rings (SSSR count). The molecule has 0 atom stereocenters. The number of aliphatic imine (C=N–C) groups is 1. The summed E-state index contributed by atoms with van der Waals surface area (Å²) < 4.78 is 0. The zero-order valence-electron chi connectivity index (χ0n) is 6.69. The lowest BCUT2D eigenvalue weighted by Gasteiger charge is -1.96. The predicted octanol–water partition coefficient (Wildman–Crippen LogP) is 2.00. The molecule has 0 spiro atoms. The Balaban J connectivity index is 2.82. The van der Waals surface area contributed by atoms with Gasteiger partial charge < -0.3 is 0 Å².